The predicted octanol–water partition coefficient (Wildman–Crippen LogP) is 1.82. The lowest BCUT2D eigenvalue weighted by Gasteiger charge is -2.08. The first-order valence-electron chi connectivity index (χ1n) is 8.57. The Labute approximate surface area is 157 Å². The smallest absolute Gasteiger partial charge is 0.336 e. The Balaban J connectivity index is 1.51. The molecule has 0 spiro atoms. The van der Waals surface area contributed by atoms with Gasteiger partial charge in [-0.05, 0) is 36.4 Å². The molecule has 2 N–H and O–H groups in total. The van der Waals surface area contributed by atoms with E-state index in [2.05, 4.69) is 10.3 Å². The second kappa shape index (κ2) is 6.99. The fourth-order valence-corrected chi connectivity index (χ4v) is 2.99. The lowest BCUT2D eigenvalue weighted by Crippen LogP contribution is -2.36. The second-order valence-corrected chi connectivity index (χ2v) is 6.24. The van der Waals surface area contributed by atoms with E-state index in [9.17, 15) is 19.2 Å². The van der Waals surface area contributed by atoms with Gasteiger partial charge in [0, 0.05) is 30.1 Å². The number of para-hydroxylation sites is 1. The van der Waals surface area contributed by atoms with Crippen molar-refractivity contribution in [2.75, 3.05) is 5.32 Å². The number of nitrogens with one attached hydrogen (secondary N) is 2. The summed E-state index contributed by atoms with van der Waals surface area (Å²) in [6.45, 7) is -0.0483. The number of carbonyl (C=O) groups excluding carboxylic acids is 1. The maximum atomic E-state index is 12.5. The van der Waals surface area contributed by atoms with Crippen molar-refractivity contribution in [1.82, 2.24) is 9.55 Å². The summed E-state index contributed by atoms with van der Waals surface area (Å²) in [5.41, 5.74) is -0.0488. The molecule has 4 rings (SSSR count). The first kappa shape index (κ1) is 17.5. The molecule has 0 atom stereocenters. The topological polar surface area (TPSA) is 114 Å². The van der Waals surface area contributed by atoms with Crippen LogP contribution in [0.15, 0.2) is 73.4 Å². The zero-order valence-corrected chi connectivity index (χ0v) is 14.6. The van der Waals surface area contributed by atoms with Crippen molar-refractivity contribution in [2.45, 2.75) is 13.0 Å². The quantitative estimate of drug-likeness (QED) is 0.527. The molecule has 28 heavy (non-hydrogen) atoms. The Hall–Kier alpha value is -3.94. The van der Waals surface area contributed by atoms with Gasteiger partial charge in [0.2, 0.25) is 5.91 Å². The van der Waals surface area contributed by atoms with Gasteiger partial charge in [0.05, 0.1) is 10.9 Å². The van der Waals surface area contributed by atoms with Gasteiger partial charge in [-0.15, -0.1) is 0 Å². The van der Waals surface area contributed by atoms with Crippen LogP contribution in [0.3, 0.4) is 0 Å². The van der Waals surface area contributed by atoms with E-state index in [1.165, 1.54) is 6.07 Å². The van der Waals surface area contributed by atoms with Crippen molar-refractivity contribution in [3.05, 3.63) is 85.9 Å². The van der Waals surface area contributed by atoms with Gasteiger partial charge in [0.25, 0.3) is 5.56 Å². The Kier molecular flexibility index (Phi) is 4.36. The average molecular weight is 377 g/mol. The number of rotatable bonds is 4. The van der Waals surface area contributed by atoms with Crippen molar-refractivity contribution in [2.24, 2.45) is 0 Å². The summed E-state index contributed by atoms with van der Waals surface area (Å²) in [7, 11) is 0. The van der Waals surface area contributed by atoms with Crippen LogP contribution in [0.25, 0.3) is 21.9 Å². The monoisotopic (exact) mass is 377 g/mol. The Bertz CT molecular complexity index is 1380. The van der Waals surface area contributed by atoms with Gasteiger partial charge in [-0.3, -0.25) is 14.2 Å². The molecule has 0 radical (unpaired) electrons. The van der Waals surface area contributed by atoms with Crippen LogP contribution in [0.5, 0.6) is 0 Å². The highest BCUT2D eigenvalue weighted by Crippen LogP contribution is 2.17. The number of hydrogen-bond donors (Lipinski definition) is 2. The third-order valence-electron chi connectivity index (χ3n) is 4.35. The van der Waals surface area contributed by atoms with Crippen molar-refractivity contribution < 1.29 is 9.21 Å². The van der Waals surface area contributed by atoms with Gasteiger partial charge in [-0.2, -0.15) is 0 Å². The lowest BCUT2D eigenvalue weighted by atomic mass is 10.2. The molecule has 8 heteroatoms. The number of fused-ring (bicyclic) bond motifs is 2. The number of aromatic amines is 1. The van der Waals surface area contributed by atoms with Crippen LogP contribution in [0.4, 0.5) is 5.69 Å². The third-order valence-corrected chi connectivity index (χ3v) is 4.35. The number of aromatic nitrogens is 2. The van der Waals surface area contributed by atoms with E-state index in [1.807, 2.05) is 0 Å². The van der Waals surface area contributed by atoms with E-state index in [4.69, 9.17) is 4.42 Å². The highest BCUT2D eigenvalue weighted by Gasteiger charge is 2.10. The molecule has 0 fully saturated rings. The normalized spacial score (nSPS) is 11.0. The summed E-state index contributed by atoms with van der Waals surface area (Å²) >= 11 is 0. The highest BCUT2D eigenvalue weighted by atomic mass is 16.4. The van der Waals surface area contributed by atoms with E-state index < -0.39 is 16.9 Å². The molecule has 140 valence electrons. The fraction of sp³-hybridized carbons (Fsp3) is 0.100. The zero-order chi connectivity index (χ0) is 19.7. The first-order chi connectivity index (χ1) is 13.5. The van der Waals surface area contributed by atoms with Gasteiger partial charge >= 0.3 is 11.3 Å². The molecule has 0 unspecified atom stereocenters. The van der Waals surface area contributed by atoms with Crippen LogP contribution in [0, 0.1) is 0 Å². The van der Waals surface area contributed by atoms with Gasteiger partial charge in [0.15, 0.2) is 0 Å². The molecular weight excluding hydrogens is 362 g/mol. The molecule has 2 heterocycles. The molecule has 0 saturated heterocycles. The summed E-state index contributed by atoms with van der Waals surface area (Å²) in [6.07, 6.45) is -0.0523. The van der Waals surface area contributed by atoms with E-state index in [0.29, 0.717) is 27.6 Å². The summed E-state index contributed by atoms with van der Waals surface area (Å²) in [6, 6.07) is 14.5. The first-order valence-corrected chi connectivity index (χ1v) is 8.57. The Morgan fingerprint density at radius 3 is 2.71 bits per heavy atom. The summed E-state index contributed by atoms with van der Waals surface area (Å²) < 4.78 is 6.05. The zero-order valence-electron chi connectivity index (χ0n) is 14.6. The predicted molar refractivity (Wildman–Crippen MR) is 105 cm³/mol. The molecule has 2 aromatic heterocycles. The number of amides is 1. The van der Waals surface area contributed by atoms with E-state index >= 15 is 0 Å². The number of nitrogens with zero attached hydrogens (tertiary/aromatic N) is 1. The van der Waals surface area contributed by atoms with Crippen LogP contribution in [0.1, 0.15) is 6.42 Å². The number of anilines is 1. The molecule has 4 aromatic rings. The SMILES string of the molecule is O=C(CCn1c(=O)[nH]c2ccccc2c1=O)Nc1ccc2oc(=O)ccc2c1. The van der Waals surface area contributed by atoms with Crippen LogP contribution in [-0.4, -0.2) is 15.5 Å². The number of H-pyrrole nitrogens is 1. The van der Waals surface area contributed by atoms with E-state index in [-0.39, 0.29) is 18.9 Å². The average Bonchev–Trinajstić information content (AvgIpc) is 2.68. The molecular formula is C20H15N3O5. The standard InChI is InChI=1S/C20H15N3O5/c24-17(21-13-6-7-16-12(11-13)5-8-18(25)28-16)9-10-23-19(26)14-3-1-2-4-15(14)22-20(23)27/h1-8,11H,9-10H2,(H,21,24)(H,22,27). The van der Waals surface area contributed by atoms with Gasteiger partial charge in [-0.1, -0.05) is 12.1 Å². The maximum absolute atomic E-state index is 12.5. The van der Waals surface area contributed by atoms with Crippen LogP contribution in [-0.2, 0) is 11.3 Å². The summed E-state index contributed by atoms with van der Waals surface area (Å²) in [5.74, 6) is -0.351. The number of benzene rings is 2. The minimum Gasteiger partial charge on any atom is -0.423 e. The molecule has 8 nitrogen and oxygen atoms in total. The van der Waals surface area contributed by atoms with Crippen LogP contribution in [0.2, 0.25) is 0 Å². The van der Waals surface area contributed by atoms with E-state index in [1.54, 1.807) is 48.5 Å². The lowest BCUT2D eigenvalue weighted by molar-refractivity contribution is -0.116. The molecule has 0 aliphatic carbocycles. The van der Waals surface area contributed by atoms with Crippen LogP contribution < -0.4 is 22.2 Å². The minimum absolute atomic E-state index is 0.0483. The van der Waals surface area contributed by atoms with Gasteiger partial charge in [0.1, 0.15) is 5.58 Å². The van der Waals surface area contributed by atoms with E-state index in [0.717, 1.165) is 4.57 Å². The largest absolute Gasteiger partial charge is 0.423 e. The summed E-state index contributed by atoms with van der Waals surface area (Å²) in [5, 5.41) is 3.76. The molecule has 0 aliphatic heterocycles. The molecule has 2 aromatic carbocycles. The number of carbonyl (C=O) groups is 1. The second-order valence-electron chi connectivity index (χ2n) is 6.24. The number of hydrogen-bond acceptors (Lipinski definition) is 5. The summed E-state index contributed by atoms with van der Waals surface area (Å²) in [4.78, 5) is 50.7. The molecule has 1 amide bonds. The minimum atomic E-state index is -0.558. The van der Waals surface area contributed by atoms with Crippen molar-refractivity contribution in [1.29, 1.82) is 0 Å². The molecule has 0 aliphatic rings. The molecule has 0 saturated carbocycles. The molecule has 0 bridgehead atoms. The van der Waals surface area contributed by atoms with Crippen molar-refractivity contribution in [3.8, 4) is 0 Å². The highest BCUT2D eigenvalue weighted by molar-refractivity contribution is 5.93. The van der Waals surface area contributed by atoms with Crippen molar-refractivity contribution in [3.63, 3.8) is 0 Å². The third kappa shape index (κ3) is 3.35. The maximum Gasteiger partial charge on any atom is 0.336 e. The van der Waals surface area contributed by atoms with Gasteiger partial charge in [-0.25, -0.2) is 9.59 Å². The van der Waals surface area contributed by atoms with Gasteiger partial charge < -0.3 is 14.7 Å². The fourth-order valence-electron chi connectivity index (χ4n) is 2.99. The Morgan fingerprint density at radius 2 is 1.86 bits per heavy atom. The van der Waals surface area contributed by atoms with Crippen molar-refractivity contribution >= 4 is 33.5 Å². The Morgan fingerprint density at radius 1 is 1.04 bits per heavy atom. The van der Waals surface area contributed by atoms with Crippen LogP contribution >= 0.6 is 0 Å².